The molecule has 0 bridgehead atoms. The number of phenols is 2. The van der Waals surface area contributed by atoms with Gasteiger partial charge in [-0.25, -0.2) is 4.68 Å². The van der Waals surface area contributed by atoms with E-state index in [0.717, 1.165) is 16.8 Å². The number of H-pyrrole nitrogens is 1. The van der Waals surface area contributed by atoms with E-state index in [0.29, 0.717) is 16.1 Å². The quantitative estimate of drug-likeness (QED) is 0.668. The Morgan fingerprint density at radius 1 is 1.08 bits per heavy atom. The minimum atomic E-state index is -0.254. The van der Waals surface area contributed by atoms with Gasteiger partial charge in [0.15, 0.2) is 0 Å². The van der Waals surface area contributed by atoms with E-state index in [-0.39, 0.29) is 17.1 Å². The summed E-state index contributed by atoms with van der Waals surface area (Å²) in [6.07, 6.45) is 1.55. The van der Waals surface area contributed by atoms with Gasteiger partial charge in [0.25, 0.3) is 5.56 Å². The fourth-order valence-corrected chi connectivity index (χ4v) is 2.50. The van der Waals surface area contributed by atoms with Crippen molar-refractivity contribution in [2.24, 2.45) is 0 Å². The standard InChI is InChI=1S/C19H18N2O3/c1-11-4-6-15(8-12(11)2)21-19(24)17(13(3)20-21)9-14-5-7-16(22)10-18(14)23/h4-10,20,22-23H,3H2,1-2H3. The molecule has 0 saturated heterocycles. The van der Waals surface area contributed by atoms with Crippen molar-refractivity contribution in [2.45, 2.75) is 13.8 Å². The van der Waals surface area contributed by atoms with Gasteiger partial charge in [-0.05, 0) is 55.3 Å². The number of rotatable bonds is 2. The van der Waals surface area contributed by atoms with Crippen LogP contribution in [0.4, 0.5) is 0 Å². The van der Waals surface area contributed by atoms with Crippen molar-refractivity contribution in [1.82, 2.24) is 9.78 Å². The maximum atomic E-state index is 12.7. The van der Waals surface area contributed by atoms with E-state index >= 15 is 0 Å². The van der Waals surface area contributed by atoms with Crippen molar-refractivity contribution in [3.05, 3.63) is 74.0 Å². The second-order valence-electron chi connectivity index (χ2n) is 5.80. The van der Waals surface area contributed by atoms with Gasteiger partial charge in [-0.15, -0.1) is 0 Å². The summed E-state index contributed by atoms with van der Waals surface area (Å²) < 4.78 is 1.43. The van der Waals surface area contributed by atoms with Crippen molar-refractivity contribution in [2.75, 3.05) is 0 Å². The molecule has 0 amide bonds. The van der Waals surface area contributed by atoms with Gasteiger partial charge in [0.05, 0.1) is 16.3 Å². The number of phenolic OH excluding ortho intramolecular Hbond substituents is 2. The van der Waals surface area contributed by atoms with Gasteiger partial charge in [-0.1, -0.05) is 12.6 Å². The number of nitrogens with zero attached hydrogens (tertiary/aromatic N) is 1. The summed E-state index contributed by atoms with van der Waals surface area (Å²) in [6.45, 7) is 7.87. The van der Waals surface area contributed by atoms with Crippen LogP contribution in [-0.4, -0.2) is 20.0 Å². The molecule has 3 aromatic rings. The fourth-order valence-electron chi connectivity index (χ4n) is 2.50. The van der Waals surface area contributed by atoms with Gasteiger partial charge >= 0.3 is 0 Å². The van der Waals surface area contributed by atoms with Crippen LogP contribution in [0.2, 0.25) is 0 Å². The molecule has 3 rings (SSSR count). The number of benzene rings is 2. The maximum absolute atomic E-state index is 12.7. The normalized spacial score (nSPS) is 11.8. The summed E-state index contributed by atoms with van der Waals surface area (Å²) in [6, 6.07) is 9.95. The predicted molar refractivity (Wildman–Crippen MR) is 94.0 cm³/mol. The molecule has 2 aromatic carbocycles. The Hall–Kier alpha value is -3.21. The average molecular weight is 322 g/mol. The maximum Gasteiger partial charge on any atom is 0.279 e. The highest BCUT2D eigenvalue weighted by Crippen LogP contribution is 2.22. The van der Waals surface area contributed by atoms with E-state index in [2.05, 4.69) is 11.7 Å². The molecule has 5 nitrogen and oxygen atoms in total. The van der Waals surface area contributed by atoms with Crippen molar-refractivity contribution in [3.8, 4) is 17.2 Å². The molecular formula is C19H18N2O3. The van der Waals surface area contributed by atoms with Gasteiger partial charge in [0.2, 0.25) is 0 Å². The van der Waals surface area contributed by atoms with Crippen LogP contribution < -0.4 is 16.1 Å². The number of aromatic amines is 1. The topological polar surface area (TPSA) is 78.2 Å². The molecule has 0 aliphatic carbocycles. The highest BCUT2D eigenvalue weighted by atomic mass is 16.3. The third kappa shape index (κ3) is 2.72. The molecule has 0 fully saturated rings. The minimum Gasteiger partial charge on any atom is -0.508 e. The lowest BCUT2D eigenvalue weighted by atomic mass is 10.1. The molecule has 3 N–H and O–H groups in total. The van der Waals surface area contributed by atoms with Crippen LogP contribution in [0, 0.1) is 13.8 Å². The monoisotopic (exact) mass is 322 g/mol. The number of aromatic nitrogens is 2. The second kappa shape index (κ2) is 5.77. The van der Waals surface area contributed by atoms with Gasteiger partial charge in [-0.3, -0.25) is 9.89 Å². The van der Waals surface area contributed by atoms with Crippen molar-refractivity contribution < 1.29 is 10.2 Å². The second-order valence-corrected chi connectivity index (χ2v) is 5.80. The molecule has 0 radical (unpaired) electrons. The lowest BCUT2D eigenvalue weighted by Gasteiger charge is -2.04. The number of nitrogens with one attached hydrogen (secondary N) is 1. The number of aromatic hydroxyl groups is 2. The van der Waals surface area contributed by atoms with Crippen molar-refractivity contribution in [1.29, 1.82) is 0 Å². The Morgan fingerprint density at radius 2 is 1.83 bits per heavy atom. The van der Waals surface area contributed by atoms with E-state index < -0.39 is 0 Å². The van der Waals surface area contributed by atoms with E-state index in [1.54, 1.807) is 6.08 Å². The molecule has 0 unspecified atom stereocenters. The van der Waals surface area contributed by atoms with Crippen molar-refractivity contribution in [3.63, 3.8) is 0 Å². The zero-order valence-corrected chi connectivity index (χ0v) is 13.5. The Labute approximate surface area is 138 Å². The Bertz CT molecular complexity index is 1090. The number of aryl methyl sites for hydroxylation is 2. The first-order valence-electron chi connectivity index (χ1n) is 7.48. The van der Waals surface area contributed by atoms with Gasteiger partial charge in [0, 0.05) is 11.6 Å². The predicted octanol–water partition coefficient (Wildman–Crippen LogP) is 1.43. The van der Waals surface area contributed by atoms with Gasteiger partial charge in [-0.2, -0.15) is 0 Å². The molecule has 24 heavy (non-hydrogen) atoms. The number of hydrogen-bond acceptors (Lipinski definition) is 3. The van der Waals surface area contributed by atoms with E-state index in [1.807, 2.05) is 32.0 Å². The Morgan fingerprint density at radius 3 is 2.50 bits per heavy atom. The van der Waals surface area contributed by atoms with Crippen LogP contribution in [0.25, 0.3) is 18.3 Å². The highest BCUT2D eigenvalue weighted by Gasteiger charge is 2.07. The van der Waals surface area contributed by atoms with Crippen LogP contribution in [0.15, 0.2) is 41.2 Å². The summed E-state index contributed by atoms with van der Waals surface area (Å²) in [4.78, 5) is 12.7. The molecular weight excluding hydrogens is 304 g/mol. The van der Waals surface area contributed by atoms with Gasteiger partial charge < -0.3 is 10.2 Å². The first-order valence-corrected chi connectivity index (χ1v) is 7.48. The zero-order chi connectivity index (χ0) is 17.4. The average Bonchev–Trinajstić information content (AvgIpc) is 2.80. The first kappa shape index (κ1) is 15.7. The molecule has 5 heteroatoms. The Kier molecular flexibility index (Phi) is 3.77. The fraction of sp³-hybridized carbons (Fsp3) is 0.105. The third-order valence-corrected chi connectivity index (χ3v) is 4.07. The molecule has 0 aliphatic heterocycles. The molecule has 1 heterocycles. The van der Waals surface area contributed by atoms with Crippen LogP contribution in [-0.2, 0) is 0 Å². The summed E-state index contributed by atoms with van der Waals surface area (Å²) in [7, 11) is 0. The highest BCUT2D eigenvalue weighted by molar-refractivity contribution is 5.58. The van der Waals surface area contributed by atoms with Crippen LogP contribution >= 0.6 is 0 Å². The van der Waals surface area contributed by atoms with E-state index in [9.17, 15) is 15.0 Å². The van der Waals surface area contributed by atoms with E-state index in [1.165, 1.54) is 22.9 Å². The molecule has 1 aromatic heterocycles. The largest absolute Gasteiger partial charge is 0.508 e. The lowest BCUT2D eigenvalue weighted by molar-refractivity contribution is 0.450. The van der Waals surface area contributed by atoms with Crippen LogP contribution in [0.5, 0.6) is 11.5 Å². The summed E-state index contributed by atoms with van der Waals surface area (Å²) in [5.41, 5.74) is 3.13. The van der Waals surface area contributed by atoms with Gasteiger partial charge in [0.1, 0.15) is 11.5 Å². The molecule has 0 saturated carbocycles. The van der Waals surface area contributed by atoms with Crippen LogP contribution in [0.1, 0.15) is 16.7 Å². The van der Waals surface area contributed by atoms with Crippen LogP contribution in [0.3, 0.4) is 0 Å². The summed E-state index contributed by atoms with van der Waals surface area (Å²) >= 11 is 0. The molecule has 0 atom stereocenters. The first-order chi connectivity index (χ1) is 11.4. The smallest absolute Gasteiger partial charge is 0.279 e. The Balaban J connectivity index is 2.20. The molecule has 122 valence electrons. The van der Waals surface area contributed by atoms with Crippen molar-refractivity contribution >= 4 is 12.7 Å². The third-order valence-electron chi connectivity index (χ3n) is 4.07. The minimum absolute atomic E-state index is 0.0406. The molecule has 0 spiro atoms. The molecule has 0 aliphatic rings. The summed E-state index contributed by atoms with van der Waals surface area (Å²) in [5.74, 6) is -0.145. The lowest BCUT2D eigenvalue weighted by Crippen LogP contribution is -2.33. The summed E-state index contributed by atoms with van der Waals surface area (Å²) in [5, 5.41) is 23.0. The van der Waals surface area contributed by atoms with E-state index in [4.69, 9.17) is 0 Å². The zero-order valence-electron chi connectivity index (χ0n) is 13.5. The SMILES string of the molecule is C=c1[nH]n(-c2ccc(C)c(C)c2)c(=O)c1=Cc1ccc(O)cc1O. The number of hydrogen-bond donors (Lipinski definition) is 3.